The number of aromatic amines is 1. The molecule has 0 bridgehead atoms. The van der Waals surface area contributed by atoms with Crippen molar-refractivity contribution in [1.82, 2.24) is 25.0 Å². The predicted molar refractivity (Wildman–Crippen MR) is 91.5 cm³/mol. The Hall–Kier alpha value is -2.90. The topological polar surface area (TPSA) is 100 Å². The molecule has 2 aromatic rings. The first kappa shape index (κ1) is 17.5. The second-order valence-corrected chi connectivity index (χ2v) is 5.88. The van der Waals surface area contributed by atoms with E-state index in [1.54, 1.807) is 31.0 Å². The van der Waals surface area contributed by atoms with Crippen LogP contribution in [-0.2, 0) is 9.59 Å². The van der Waals surface area contributed by atoms with E-state index in [0.29, 0.717) is 11.2 Å². The van der Waals surface area contributed by atoms with Gasteiger partial charge in [0, 0.05) is 37.2 Å². The van der Waals surface area contributed by atoms with Gasteiger partial charge in [-0.15, -0.1) is 0 Å². The molecule has 0 spiro atoms. The number of rotatable bonds is 5. The lowest BCUT2D eigenvalue weighted by Gasteiger charge is -2.09. The van der Waals surface area contributed by atoms with Gasteiger partial charge in [0.25, 0.3) is 5.56 Å². The monoisotopic (exact) mass is 331 g/mol. The minimum absolute atomic E-state index is 0.0906. The van der Waals surface area contributed by atoms with Crippen LogP contribution in [0.1, 0.15) is 25.5 Å². The fraction of sp³-hybridized carbons (Fsp3) is 0.375. The summed E-state index contributed by atoms with van der Waals surface area (Å²) in [5.74, 6) is -0.653. The van der Waals surface area contributed by atoms with Gasteiger partial charge in [0.05, 0.1) is 12.7 Å². The van der Waals surface area contributed by atoms with Crippen molar-refractivity contribution in [3.8, 4) is 0 Å². The van der Waals surface area contributed by atoms with Crippen molar-refractivity contribution < 1.29 is 9.59 Å². The highest BCUT2D eigenvalue weighted by molar-refractivity contribution is 5.94. The van der Waals surface area contributed by atoms with E-state index in [4.69, 9.17) is 0 Å². The molecule has 2 rings (SSSR count). The summed E-state index contributed by atoms with van der Waals surface area (Å²) < 4.78 is 1.73. The molecule has 24 heavy (non-hydrogen) atoms. The van der Waals surface area contributed by atoms with Crippen LogP contribution in [-0.4, -0.2) is 52.1 Å². The zero-order chi connectivity index (χ0) is 17.9. The van der Waals surface area contributed by atoms with Gasteiger partial charge in [-0.2, -0.15) is 5.10 Å². The van der Waals surface area contributed by atoms with E-state index in [9.17, 15) is 14.4 Å². The lowest BCUT2D eigenvalue weighted by Crippen LogP contribution is -2.35. The smallest absolute Gasteiger partial charge is 0.256 e. The van der Waals surface area contributed by atoms with Crippen LogP contribution >= 0.6 is 0 Å². The standard InChI is InChI=1S/C16H21N5O3/c1-10(2)21-15-12(8-18-21)7-11(16(24)19-15)5-6-13(22)17-9-14(23)20(3)4/h5-8,10H,9H2,1-4H3,(H,17,22)(H,19,24). The van der Waals surface area contributed by atoms with Crippen LogP contribution in [0.5, 0.6) is 0 Å². The van der Waals surface area contributed by atoms with Gasteiger partial charge in [0.2, 0.25) is 11.8 Å². The summed E-state index contributed by atoms with van der Waals surface area (Å²) in [7, 11) is 3.22. The lowest BCUT2D eigenvalue weighted by atomic mass is 10.2. The Kier molecular flexibility index (Phi) is 5.18. The average Bonchev–Trinajstić information content (AvgIpc) is 2.92. The van der Waals surface area contributed by atoms with E-state index < -0.39 is 5.91 Å². The normalized spacial score (nSPS) is 11.4. The highest BCUT2D eigenvalue weighted by Gasteiger charge is 2.09. The molecule has 0 aliphatic heterocycles. The summed E-state index contributed by atoms with van der Waals surface area (Å²) in [6, 6.07) is 1.80. The molecule has 0 saturated heterocycles. The Morgan fingerprint density at radius 2 is 2.12 bits per heavy atom. The molecule has 2 heterocycles. The molecule has 0 aliphatic rings. The summed E-state index contributed by atoms with van der Waals surface area (Å²) in [5, 5.41) is 7.49. The average molecular weight is 331 g/mol. The Morgan fingerprint density at radius 3 is 2.75 bits per heavy atom. The van der Waals surface area contributed by atoms with Gasteiger partial charge in [0.1, 0.15) is 5.65 Å². The molecule has 0 unspecified atom stereocenters. The molecule has 8 nitrogen and oxygen atoms in total. The zero-order valence-electron chi connectivity index (χ0n) is 14.2. The number of nitrogens with one attached hydrogen (secondary N) is 2. The molecule has 2 N–H and O–H groups in total. The van der Waals surface area contributed by atoms with E-state index in [1.807, 2.05) is 13.8 Å². The van der Waals surface area contributed by atoms with Crippen LogP contribution < -0.4 is 10.9 Å². The van der Waals surface area contributed by atoms with Crippen LogP contribution in [0.4, 0.5) is 0 Å². The second kappa shape index (κ2) is 7.12. The molecular formula is C16H21N5O3. The molecular weight excluding hydrogens is 310 g/mol. The third-order valence-corrected chi connectivity index (χ3v) is 3.44. The molecule has 2 amide bonds. The van der Waals surface area contributed by atoms with Crippen molar-refractivity contribution in [2.75, 3.05) is 20.6 Å². The molecule has 8 heteroatoms. The van der Waals surface area contributed by atoms with Gasteiger partial charge in [-0.1, -0.05) is 0 Å². The van der Waals surface area contributed by atoms with Crippen molar-refractivity contribution >= 4 is 28.9 Å². The minimum atomic E-state index is -0.442. The molecule has 0 fully saturated rings. The number of carbonyl (C=O) groups excluding carboxylic acids is 2. The van der Waals surface area contributed by atoms with Crippen LogP contribution in [0, 0.1) is 0 Å². The van der Waals surface area contributed by atoms with Crippen molar-refractivity contribution in [1.29, 1.82) is 0 Å². The summed E-state index contributed by atoms with van der Waals surface area (Å²) in [6.07, 6.45) is 4.31. The van der Waals surface area contributed by atoms with E-state index in [2.05, 4.69) is 15.4 Å². The van der Waals surface area contributed by atoms with Crippen LogP contribution in [0.3, 0.4) is 0 Å². The third-order valence-electron chi connectivity index (χ3n) is 3.44. The summed E-state index contributed by atoms with van der Waals surface area (Å²) in [6.45, 7) is 3.85. The zero-order valence-corrected chi connectivity index (χ0v) is 14.2. The molecule has 0 aliphatic carbocycles. The number of amides is 2. The number of nitrogens with zero attached hydrogens (tertiary/aromatic N) is 3. The Balaban J connectivity index is 2.15. The molecule has 0 radical (unpaired) electrons. The number of fused-ring (bicyclic) bond motifs is 1. The van der Waals surface area contributed by atoms with Crippen molar-refractivity contribution in [3.63, 3.8) is 0 Å². The maximum Gasteiger partial charge on any atom is 0.256 e. The number of H-pyrrole nitrogens is 1. The maximum atomic E-state index is 12.1. The second-order valence-electron chi connectivity index (χ2n) is 5.88. The van der Waals surface area contributed by atoms with Gasteiger partial charge in [0.15, 0.2) is 0 Å². The van der Waals surface area contributed by atoms with E-state index in [0.717, 1.165) is 5.39 Å². The highest BCUT2D eigenvalue weighted by Crippen LogP contribution is 2.15. The lowest BCUT2D eigenvalue weighted by molar-refractivity contribution is -0.129. The first-order valence-electron chi connectivity index (χ1n) is 7.56. The fourth-order valence-electron chi connectivity index (χ4n) is 2.08. The Bertz CT molecular complexity index is 845. The van der Waals surface area contributed by atoms with E-state index >= 15 is 0 Å². The quantitative estimate of drug-likeness (QED) is 0.780. The molecule has 2 aromatic heterocycles. The third kappa shape index (κ3) is 3.89. The minimum Gasteiger partial charge on any atom is -0.347 e. The van der Waals surface area contributed by atoms with Crippen molar-refractivity contribution in [3.05, 3.63) is 34.3 Å². The van der Waals surface area contributed by atoms with Crippen molar-refractivity contribution in [2.45, 2.75) is 19.9 Å². The van der Waals surface area contributed by atoms with Crippen LogP contribution in [0.2, 0.25) is 0 Å². The first-order valence-corrected chi connectivity index (χ1v) is 7.56. The van der Waals surface area contributed by atoms with Gasteiger partial charge in [-0.3, -0.25) is 14.4 Å². The maximum absolute atomic E-state index is 12.1. The first-order chi connectivity index (χ1) is 11.3. The largest absolute Gasteiger partial charge is 0.347 e. The Morgan fingerprint density at radius 1 is 1.42 bits per heavy atom. The number of hydrogen-bond acceptors (Lipinski definition) is 4. The van der Waals surface area contributed by atoms with Gasteiger partial charge in [-0.25, -0.2) is 4.68 Å². The number of pyridine rings is 1. The number of hydrogen-bond donors (Lipinski definition) is 2. The fourth-order valence-corrected chi connectivity index (χ4v) is 2.08. The molecule has 0 aromatic carbocycles. The highest BCUT2D eigenvalue weighted by atomic mass is 16.2. The van der Waals surface area contributed by atoms with Gasteiger partial charge < -0.3 is 15.2 Å². The van der Waals surface area contributed by atoms with Gasteiger partial charge >= 0.3 is 0 Å². The number of aromatic nitrogens is 3. The van der Waals surface area contributed by atoms with Gasteiger partial charge in [-0.05, 0) is 26.0 Å². The summed E-state index contributed by atoms with van der Waals surface area (Å²) in [4.78, 5) is 39.4. The molecule has 0 atom stereocenters. The van der Waals surface area contributed by atoms with Crippen LogP contribution in [0.15, 0.2) is 23.1 Å². The van der Waals surface area contributed by atoms with E-state index in [-0.39, 0.29) is 24.1 Å². The number of carbonyl (C=O) groups is 2. The van der Waals surface area contributed by atoms with Crippen LogP contribution in [0.25, 0.3) is 17.1 Å². The SMILES string of the molecule is CC(C)n1ncc2cc(C=CC(=O)NCC(=O)N(C)C)c(=O)[nH]c21. The van der Waals surface area contributed by atoms with E-state index in [1.165, 1.54) is 17.1 Å². The predicted octanol–water partition coefficient (Wildman–Crippen LogP) is 0.523. The number of likely N-dealkylation sites (N-methyl/N-ethyl adjacent to an activating group) is 1. The molecule has 128 valence electrons. The summed E-state index contributed by atoms with van der Waals surface area (Å²) >= 11 is 0. The van der Waals surface area contributed by atoms with Crippen molar-refractivity contribution in [2.24, 2.45) is 0 Å². The molecule has 0 saturated carbocycles. The Labute approximate surface area is 139 Å². The summed E-state index contributed by atoms with van der Waals surface area (Å²) in [5.41, 5.74) is 0.686.